The second kappa shape index (κ2) is 9.34. The predicted molar refractivity (Wildman–Crippen MR) is 120 cm³/mol. The summed E-state index contributed by atoms with van der Waals surface area (Å²) in [6, 6.07) is 24.3. The maximum absolute atomic E-state index is 12.8. The van der Waals surface area contributed by atoms with Gasteiger partial charge in [-0.2, -0.15) is 0 Å². The van der Waals surface area contributed by atoms with E-state index in [1.54, 1.807) is 30.0 Å². The van der Waals surface area contributed by atoms with Crippen LogP contribution < -0.4 is 19.7 Å². The quantitative estimate of drug-likeness (QED) is 0.631. The number of fused-ring (bicyclic) bond motifs is 1. The molecule has 31 heavy (non-hydrogen) atoms. The molecule has 6 nitrogen and oxygen atoms in total. The first kappa shape index (κ1) is 20.5. The fourth-order valence-electron chi connectivity index (χ4n) is 3.47. The van der Waals surface area contributed by atoms with Gasteiger partial charge in [-0.15, -0.1) is 0 Å². The Morgan fingerprint density at radius 2 is 1.74 bits per heavy atom. The number of hydrogen-bond donors (Lipinski definition) is 1. The van der Waals surface area contributed by atoms with Crippen LogP contribution in [0.3, 0.4) is 0 Å². The molecule has 1 unspecified atom stereocenters. The van der Waals surface area contributed by atoms with E-state index in [1.807, 2.05) is 60.7 Å². The topological polar surface area (TPSA) is 67.9 Å². The van der Waals surface area contributed by atoms with Gasteiger partial charge in [0.2, 0.25) is 5.91 Å². The van der Waals surface area contributed by atoms with Crippen molar-refractivity contribution in [3.8, 4) is 11.5 Å². The second-order valence-corrected chi connectivity index (χ2v) is 7.30. The third kappa shape index (κ3) is 5.04. The van der Waals surface area contributed by atoms with Crippen LogP contribution in [0.25, 0.3) is 0 Å². The van der Waals surface area contributed by atoms with Crippen molar-refractivity contribution < 1.29 is 19.1 Å². The van der Waals surface area contributed by atoms with Gasteiger partial charge < -0.3 is 19.7 Å². The summed E-state index contributed by atoms with van der Waals surface area (Å²) < 4.78 is 11.5. The average Bonchev–Trinajstić information content (AvgIpc) is 2.78. The zero-order valence-corrected chi connectivity index (χ0v) is 17.3. The van der Waals surface area contributed by atoms with Crippen LogP contribution in [-0.2, 0) is 16.0 Å². The lowest BCUT2D eigenvalue weighted by Crippen LogP contribution is -2.46. The Labute approximate surface area is 181 Å². The highest BCUT2D eigenvalue weighted by Crippen LogP contribution is 2.36. The molecule has 1 atom stereocenters. The Balaban J connectivity index is 1.47. The Bertz CT molecular complexity index is 1050. The molecule has 0 bridgehead atoms. The lowest BCUT2D eigenvalue weighted by molar-refractivity contribution is -0.125. The van der Waals surface area contributed by atoms with E-state index in [1.165, 1.54) is 0 Å². The second-order valence-electron chi connectivity index (χ2n) is 7.30. The molecular weight excluding hydrogens is 392 g/mol. The molecule has 0 aromatic heterocycles. The minimum absolute atomic E-state index is 0.124. The molecule has 0 aliphatic carbocycles. The summed E-state index contributed by atoms with van der Waals surface area (Å²) in [4.78, 5) is 26.8. The number of hydrogen-bond acceptors (Lipinski definition) is 4. The molecule has 158 valence electrons. The molecule has 2 amide bonds. The number of ether oxygens (including phenoxy) is 2. The third-order valence-corrected chi connectivity index (χ3v) is 4.99. The molecule has 3 aromatic rings. The van der Waals surface area contributed by atoms with Gasteiger partial charge in [0.05, 0.1) is 18.7 Å². The van der Waals surface area contributed by atoms with Crippen molar-refractivity contribution in [2.75, 3.05) is 23.4 Å². The predicted octanol–water partition coefficient (Wildman–Crippen LogP) is 4.06. The molecule has 0 radical (unpaired) electrons. The largest absolute Gasteiger partial charge is 0.492 e. The van der Waals surface area contributed by atoms with Crippen molar-refractivity contribution in [1.82, 2.24) is 0 Å². The summed E-state index contributed by atoms with van der Waals surface area (Å²) in [6.07, 6.45) is -0.304. The number of rotatable bonds is 7. The first-order chi connectivity index (χ1) is 15.1. The van der Waals surface area contributed by atoms with Crippen LogP contribution in [0.15, 0.2) is 78.9 Å². The molecule has 6 heteroatoms. The van der Waals surface area contributed by atoms with Gasteiger partial charge in [-0.05, 0) is 42.8 Å². The Kier molecular flexibility index (Phi) is 6.17. The maximum Gasteiger partial charge on any atom is 0.267 e. The van der Waals surface area contributed by atoms with Gasteiger partial charge in [-0.3, -0.25) is 9.59 Å². The van der Waals surface area contributed by atoms with E-state index >= 15 is 0 Å². The van der Waals surface area contributed by atoms with Crippen LogP contribution >= 0.6 is 0 Å². The molecule has 1 aliphatic heterocycles. The number of anilines is 2. The standard InChI is InChI=1S/C25H24N2O4/c1-18-25(29)27(14-15-30-21-10-6-3-7-11-21)22-17-20(12-13-23(22)31-18)26-24(28)16-19-8-4-2-5-9-19/h2-13,17-18H,14-16H2,1H3,(H,26,28). The van der Waals surface area contributed by atoms with Crippen LogP contribution in [0, 0.1) is 0 Å². The van der Waals surface area contributed by atoms with Crippen molar-refractivity contribution in [2.24, 2.45) is 0 Å². The fourth-order valence-corrected chi connectivity index (χ4v) is 3.47. The lowest BCUT2D eigenvalue weighted by atomic mass is 10.1. The number of para-hydroxylation sites is 1. The zero-order chi connectivity index (χ0) is 21.6. The summed E-state index contributed by atoms with van der Waals surface area (Å²) in [5, 5.41) is 2.91. The van der Waals surface area contributed by atoms with Crippen LogP contribution in [0.2, 0.25) is 0 Å². The number of carbonyl (C=O) groups excluding carboxylic acids is 2. The molecule has 0 saturated carbocycles. The number of nitrogens with zero attached hydrogens (tertiary/aromatic N) is 1. The molecule has 1 N–H and O–H groups in total. The maximum atomic E-state index is 12.8. The summed E-state index contributed by atoms with van der Waals surface area (Å²) in [5.41, 5.74) is 2.17. The van der Waals surface area contributed by atoms with E-state index in [2.05, 4.69) is 5.32 Å². The van der Waals surface area contributed by atoms with Crippen LogP contribution in [0.5, 0.6) is 11.5 Å². The van der Waals surface area contributed by atoms with Gasteiger partial charge >= 0.3 is 0 Å². The van der Waals surface area contributed by atoms with Crippen LogP contribution in [-0.4, -0.2) is 31.1 Å². The highest BCUT2D eigenvalue weighted by Gasteiger charge is 2.31. The SMILES string of the molecule is CC1Oc2ccc(NC(=O)Cc3ccccc3)cc2N(CCOc2ccccc2)C1=O. The minimum Gasteiger partial charge on any atom is -0.492 e. The summed E-state index contributed by atoms with van der Waals surface area (Å²) in [7, 11) is 0. The first-order valence-electron chi connectivity index (χ1n) is 10.2. The zero-order valence-electron chi connectivity index (χ0n) is 17.3. The van der Waals surface area contributed by atoms with E-state index in [0.717, 1.165) is 11.3 Å². The van der Waals surface area contributed by atoms with Gasteiger partial charge in [-0.25, -0.2) is 0 Å². The normalized spacial score (nSPS) is 15.1. The van der Waals surface area contributed by atoms with E-state index in [4.69, 9.17) is 9.47 Å². The first-order valence-corrected chi connectivity index (χ1v) is 10.2. The molecule has 4 rings (SSSR count). The van der Waals surface area contributed by atoms with Crippen LogP contribution in [0.1, 0.15) is 12.5 Å². The molecule has 1 aliphatic rings. The van der Waals surface area contributed by atoms with E-state index in [0.29, 0.717) is 30.3 Å². The Hall–Kier alpha value is -3.80. The number of amides is 2. The highest BCUT2D eigenvalue weighted by atomic mass is 16.5. The molecular formula is C25H24N2O4. The van der Waals surface area contributed by atoms with E-state index < -0.39 is 6.10 Å². The van der Waals surface area contributed by atoms with Gasteiger partial charge in [-0.1, -0.05) is 48.5 Å². The van der Waals surface area contributed by atoms with Crippen LogP contribution in [0.4, 0.5) is 11.4 Å². The number of nitrogens with one attached hydrogen (secondary N) is 1. The fraction of sp³-hybridized carbons (Fsp3) is 0.200. The Morgan fingerprint density at radius 3 is 2.48 bits per heavy atom. The summed E-state index contributed by atoms with van der Waals surface area (Å²) >= 11 is 0. The number of benzene rings is 3. The van der Waals surface area contributed by atoms with E-state index in [9.17, 15) is 9.59 Å². The summed E-state index contributed by atoms with van der Waals surface area (Å²) in [6.45, 7) is 2.44. The van der Waals surface area contributed by atoms with Gasteiger partial charge in [0, 0.05) is 5.69 Å². The van der Waals surface area contributed by atoms with Crippen molar-refractivity contribution in [2.45, 2.75) is 19.4 Å². The third-order valence-electron chi connectivity index (χ3n) is 4.99. The van der Waals surface area contributed by atoms with Gasteiger partial charge in [0.1, 0.15) is 18.1 Å². The lowest BCUT2D eigenvalue weighted by Gasteiger charge is -2.33. The highest BCUT2D eigenvalue weighted by molar-refractivity contribution is 6.01. The molecule has 3 aromatic carbocycles. The molecule has 0 spiro atoms. The van der Waals surface area contributed by atoms with Crippen molar-refractivity contribution in [1.29, 1.82) is 0 Å². The van der Waals surface area contributed by atoms with E-state index in [-0.39, 0.29) is 18.2 Å². The molecule has 0 saturated heterocycles. The van der Waals surface area contributed by atoms with Crippen molar-refractivity contribution in [3.05, 3.63) is 84.4 Å². The smallest absolute Gasteiger partial charge is 0.267 e. The molecule has 1 heterocycles. The molecule has 0 fully saturated rings. The average molecular weight is 416 g/mol. The van der Waals surface area contributed by atoms with Crippen molar-refractivity contribution >= 4 is 23.2 Å². The summed E-state index contributed by atoms with van der Waals surface area (Å²) in [5.74, 6) is 1.09. The number of carbonyl (C=O) groups is 2. The van der Waals surface area contributed by atoms with Gasteiger partial charge in [0.15, 0.2) is 6.10 Å². The monoisotopic (exact) mass is 416 g/mol. The van der Waals surface area contributed by atoms with Gasteiger partial charge in [0.25, 0.3) is 5.91 Å². The minimum atomic E-state index is -0.581. The Morgan fingerprint density at radius 1 is 1.03 bits per heavy atom. The van der Waals surface area contributed by atoms with Crippen molar-refractivity contribution in [3.63, 3.8) is 0 Å².